The van der Waals surface area contributed by atoms with Crippen LogP contribution in [-0.4, -0.2) is 82.9 Å². The summed E-state index contributed by atoms with van der Waals surface area (Å²) >= 11 is 6.67. The number of ether oxygens (including phenoxy) is 2. The first-order valence-electron chi connectivity index (χ1n) is 11.1. The largest absolute Gasteiger partial charge is 0.494 e. The highest BCUT2D eigenvalue weighted by molar-refractivity contribution is 8.26. The first kappa shape index (κ1) is 25.0. The molecule has 0 unspecified atom stereocenters. The quantitative estimate of drug-likeness (QED) is 0.407. The number of amides is 3. The van der Waals surface area contributed by atoms with Crippen LogP contribution in [0.25, 0.3) is 6.08 Å². The van der Waals surface area contributed by atoms with E-state index in [1.807, 2.05) is 37.3 Å². The van der Waals surface area contributed by atoms with E-state index in [1.165, 1.54) is 11.8 Å². The number of carbonyl (C=O) groups is 3. The average molecular weight is 492 g/mol. The van der Waals surface area contributed by atoms with Crippen molar-refractivity contribution in [1.29, 1.82) is 0 Å². The Morgan fingerprint density at radius 2 is 1.73 bits per heavy atom. The Labute approximate surface area is 203 Å². The Kier molecular flexibility index (Phi) is 9.13. The monoisotopic (exact) mass is 491 g/mol. The predicted molar refractivity (Wildman–Crippen MR) is 132 cm³/mol. The van der Waals surface area contributed by atoms with Crippen molar-refractivity contribution in [3.63, 3.8) is 0 Å². The number of carbonyl (C=O) groups excluding carboxylic acids is 3. The van der Waals surface area contributed by atoms with E-state index in [0.29, 0.717) is 68.0 Å². The van der Waals surface area contributed by atoms with E-state index in [9.17, 15) is 14.4 Å². The molecule has 33 heavy (non-hydrogen) atoms. The normalized spacial score (nSPS) is 17.6. The van der Waals surface area contributed by atoms with Crippen molar-refractivity contribution in [3.8, 4) is 5.75 Å². The second-order valence-corrected chi connectivity index (χ2v) is 9.18. The van der Waals surface area contributed by atoms with E-state index >= 15 is 0 Å². The van der Waals surface area contributed by atoms with Crippen LogP contribution in [0.15, 0.2) is 29.2 Å². The van der Waals surface area contributed by atoms with E-state index in [4.69, 9.17) is 21.7 Å². The van der Waals surface area contributed by atoms with Crippen molar-refractivity contribution in [3.05, 3.63) is 34.7 Å². The lowest BCUT2D eigenvalue weighted by atomic mass is 10.2. The molecule has 3 rings (SSSR count). The molecule has 0 spiro atoms. The zero-order valence-electron chi connectivity index (χ0n) is 19.0. The molecule has 1 aromatic carbocycles. The first-order valence-corrected chi connectivity index (χ1v) is 12.3. The molecule has 0 N–H and O–H groups in total. The summed E-state index contributed by atoms with van der Waals surface area (Å²) in [6, 6.07) is 7.54. The summed E-state index contributed by atoms with van der Waals surface area (Å²) in [7, 11) is 0. The summed E-state index contributed by atoms with van der Waals surface area (Å²) in [5.41, 5.74) is 0.899. The van der Waals surface area contributed by atoms with Crippen LogP contribution in [-0.2, 0) is 14.3 Å². The van der Waals surface area contributed by atoms with Crippen LogP contribution in [0.2, 0.25) is 0 Å². The van der Waals surface area contributed by atoms with Gasteiger partial charge in [-0.05, 0) is 44.0 Å². The van der Waals surface area contributed by atoms with Crippen molar-refractivity contribution in [2.24, 2.45) is 0 Å². The maximum absolute atomic E-state index is 12.8. The standard InChI is InChI=1S/C23H29N3O5S2/c1-3-30-18-9-7-17(8-10-18)16-19-21(28)26(23(32)33-19)11-5-6-20(27)24-12-14-25(15-13-24)22(29)31-4-2/h7-10,16H,3-6,11-15H2,1-2H3/b19-16-. The van der Waals surface area contributed by atoms with Crippen LogP contribution in [0.1, 0.15) is 32.3 Å². The molecule has 3 amide bonds. The number of nitrogens with zero attached hydrogens (tertiary/aromatic N) is 3. The molecule has 2 heterocycles. The van der Waals surface area contributed by atoms with Gasteiger partial charge in [0.05, 0.1) is 18.1 Å². The van der Waals surface area contributed by atoms with Crippen molar-refractivity contribution in [1.82, 2.24) is 14.7 Å². The van der Waals surface area contributed by atoms with Gasteiger partial charge in [0.2, 0.25) is 5.91 Å². The molecule has 2 aliphatic rings. The van der Waals surface area contributed by atoms with E-state index in [0.717, 1.165) is 11.3 Å². The molecule has 0 radical (unpaired) electrons. The van der Waals surface area contributed by atoms with E-state index in [-0.39, 0.29) is 17.9 Å². The Morgan fingerprint density at radius 1 is 1.06 bits per heavy atom. The van der Waals surface area contributed by atoms with Crippen LogP contribution in [0.3, 0.4) is 0 Å². The molecular weight excluding hydrogens is 462 g/mol. The Hall–Kier alpha value is -2.59. The highest BCUT2D eigenvalue weighted by Gasteiger charge is 2.32. The average Bonchev–Trinajstić information content (AvgIpc) is 3.08. The van der Waals surface area contributed by atoms with Gasteiger partial charge in [-0.3, -0.25) is 14.5 Å². The predicted octanol–water partition coefficient (Wildman–Crippen LogP) is 3.37. The van der Waals surface area contributed by atoms with Gasteiger partial charge in [0, 0.05) is 39.1 Å². The highest BCUT2D eigenvalue weighted by Crippen LogP contribution is 2.33. The lowest BCUT2D eigenvalue weighted by Crippen LogP contribution is -2.50. The second kappa shape index (κ2) is 12.0. The molecule has 0 aliphatic carbocycles. The van der Waals surface area contributed by atoms with Crippen LogP contribution in [0.4, 0.5) is 4.79 Å². The molecule has 10 heteroatoms. The van der Waals surface area contributed by atoms with Crippen molar-refractivity contribution in [2.45, 2.75) is 26.7 Å². The summed E-state index contributed by atoms with van der Waals surface area (Å²) in [6.45, 7) is 6.96. The highest BCUT2D eigenvalue weighted by atomic mass is 32.2. The molecule has 0 atom stereocenters. The fourth-order valence-corrected chi connectivity index (χ4v) is 4.88. The third kappa shape index (κ3) is 6.70. The topological polar surface area (TPSA) is 79.4 Å². The summed E-state index contributed by atoms with van der Waals surface area (Å²) in [5, 5.41) is 0. The zero-order valence-corrected chi connectivity index (χ0v) is 20.6. The molecule has 2 fully saturated rings. The Balaban J connectivity index is 1.46. The van der Waals surface area contributed by atoms with Crippen LogP contribution in [0.5, 0.6) is 5.75 Å². The van der Waals surface area contributed by atoms with Gasteiger partial charge in [0.1, 0.15) is 10.1 Å². The summed E-state index contributed by atoms with van der Waals surface area (Å²) in [4.78, 5) is 42.6. The van der Waals surface area contributed by atoms with E-state index < -0.39 is 0 Å². The van der Waals surface area contributed by atoms with Gasteiger partial charge in [-0.2, -0.15) is 0 Å². The van der Waals surface area contributed by atoms with Crippen LogP contribution in [0, 0.1) is 0 Å². The summed E-state index contributed by atoms with van der Waals surface area (Å²) < 4.78 is 11.0. The molecule has 0 bridgehead atoms. The lowest BCUT2D eigenvalue weighted by Gasteiger charge is -2.34. The minimum absolute atomic E-state index is 0.0221. The number of rotatable bonds is 8. The third-order valence-corrected chi connectivity index (χ3v) is 6.67. The van der Waals surface area contributed by atoms with Gasteiger partial charge in [-0.15, -0.1) is 0 Å². The number of thioether (sulfide) groups is 1. The maximum Gasteiger partial charge on any atom is 0.409 e. The molecule has 8 nitrogen and oxygen atoms in total. The van der Waals surface area contributed by atoms with Gasteiger partial charge in [0.25, 0.3) is 5.91 Å². The van der Waals surface area contributed by atoms with Gasteiger partial charge in [-0.1, -0.05) is 36.1 Å². The van der Waals surface area contributed by atoms with Gasteiger partial charge in [0.15, 0.2) is 0 Å². The summed E-state index contributed by atoms with van der Waals surface area (Å²) in [6.07, 6.45) is 2.34. The molecule has 1 aromatic rings. The fourth-order valence-electron chi connectivity index (χ4n) is 3.57. The molecular formula is C23H29N3O5S2. The third-order valence-electron chi connectivity index (χ3n) is 5.29. The molecule has 2 aliphatic heterocycles. The summed E-state index contributed by atoms with van der Waals surface area (Å²) in [5.74, 6) is 0.678. The molecule has 0 aromatic heterocycles. The number of thiocarbonyl (C=S) groups is 1. The zero-order chi connectivity index (χ0) is 23.8. The Morgan fingerprint density at radius 3 is 2.36 bits per heavy atom. The SMILES string of the molecule is CCOC(=O)N1CCN(C(=O)CCCN2C(=O)/C(=C/c3ccc(OCC)cc3)SC2=S)CC1. The minimum atomic E-state index is -0.336. The van der Waals surface area contributed by atoms with E-state index in [1.54, 1.807) is 21.6 Å². The molecule has 0 saturated carbocycles. The number of hydrogen-bond acceptors (Lipinski definition) is 7. The first-order chi connectivity index (χ1) is 15.9. The lowest BCUT2D eigenvalue weighted by molar-refractivity contribution is -0.133. The molecule has 178 valence electrons. The van der Waals surface area contributed by atoms with E-state index in [2.05, 4.69) is 0 Å². The van der Waals surface area contributed by atoms with Crippen LogP contribution < -0.4 is 4.74 Å². The number of benzene rings is 1. The van der Waals surface area contributed by atoms with Crippen molar-refractivity contribution >= 4 is 52.3 Å². The maximum atomic E-state index is 12.8. The minimum Gasteiger partial charge on any atom is -0.494 e. The number of hydrogen-bond donors (Lipinski definition) is 0. The number of piperazine rings is 1. The fraction of sp³-hybridized carbons (Fsp3) is 0.478. The Bertz CT molecular complexity index is 911. The van der Waals surface area contributed by atoms with Crippen molar-refractivity contribution < 1.29 is 23.9 Å². The molecule has 2 saturated heterocycles. The second-order valence-electron chi connectivity index (χ2n) is 7.51. The van der Waals surface area contributed by atoms with Gasteiger partial charge >= 0.3 is 6.09 Å². The van der Waals surface area contributed by atoms with Crippen LogP contribution >= 0.6 is 24.0 Å². The van der Waals surface area contributed by atoms with Crippen molar-refractivity contribution in [2.75, 3.05) is 45.9 Å². The smallest absolute Gasteiger partial charge is 0.409 e. The van der Waals surface area contributed by atoms with Gasteiger partial charge in [-0.25, -0.2) is 4.79 Å². The van der Waals surface area contributed by atoms with Gasteiger partial charge < -0.3 is 19.3 Å².